The lowest BCUT2D eigenvalue weighted by atomic mass is 9.90. The molecule has 1 aliphatic rings. The number of benzene rings is 1. The van der Waals surface area contributed by atoms with Gasteiger partial charge in [-0.3, -0.25) is 0 Å². The monoisotopic (exact) mass is 340 g/mol. The van der Waals surface area contributed by atoms with Crippen molar-refractivity contribution in [2.24, 2.45) is 0 Å². The number of nitrogens with one attached hydrogen (secondary N) is 1. The molecule has 0 atom stereocenters. The smallest absolute Gasteiger partial charge is 0.0606 e. The highest BCUT2D eigenvalue weighted by molar-refractivity contribution is 9.10. The Balaban J connectivity index is 2.22. The van der Waals surface area contributed by atoms with Crippen LogP contribution in [0, 0.1) is 0 Å². The van der Waals surface area contributed by atoms with E-state index in [0.29, 0.717) is 12.1 Å². The number of hydrogen-bond acceptors (Lipinski definition) is 3. The van der Waals surface area contributed by atoms with Gasteiger partial charge in [0, 0.05) is 35.3 Å². The molecule has 0 unspecified atom stereocenters. The second-order valence-corrected chi connectivity index (χ2v) is 6.73. The molecule has 0 saturated heterocycles. The molecule has 4 heteroatoms. The molecule has 0 aliphatic heterocycles. The summed E-state index contributed by atoms with van der Waals surface area (Å²) in [5, 5.41) is 12.9. The summed E-state index contributed by atoms with van der Waals surface area (Å²) >= 11 is 3.56. The van der Waals surface area contributed by atoms with E-state index in [1.165, 1.54) is 30.5 Å². The average molecular weight is 341 g/mol. The van der Waals surface area contributed by atoms with Gasteiger partial charge >= 0.3 is 0 Å². The number of hydrogen-bond donors (Lipinski definition) is 2. The Morgan fingerprint density at radius 1 is 1.40 bits per heavy atom. The van der Waals surface area contributed by atoms with Gasteiger partial charge in [0.15, 0.2) is 0 Å². The molecule has 2 N–H and O–H groups in total. The average Bonchev–Trinajstić information content (AvgIpc) is 2.34. The number of rotatable bonds is 7. The third kappa shape index (κ3) is 3.96. The largest absolute Gasteiger partial charge is 0.395 e. The van der Waals surface area contributed by atoms with Crippen LogP contribution in [0.4, 0.5) is 5.69 Å². The van der Waals surface area contributed by atoms with Gasteiger partial charge in [0.05, 0.1) is 6.61 Å². The maximum absolute atomic E-state index is 9.36. The topological polar surface area (TPSA) is 35.5 Å². The van der Waals surface area contributed by atoms with Crippen LogP contribution in [-0.2, 0) is 6.54 Å². The van der Waals surface area contributed by atoms with Gasteiger partial charge in [-0.1, -0.05) is 29.8 Å². The van der Waals surface area contributed by atoms with E-state index in [9.17, 15) is 5.11 Å². The van der Waals surface area contributed by atoms with E-state index in [-0.39, 0.29) is 6.61 Å². The third-order valence-electron chi connectivity index (χ3n) is 3.91. The Bertz CT molecular complexity index is 432. The summed E-state index contributed by atoms with van der Waals surface area (Å²) in [6.07, 6.45) is 3.79. The number of aliphatic hydroxyl groups excluding tert-OH is 1. The summed E-state index contributed by atoms with van der Waals surface area (Å²) in [5.41, 5.74) is 2.56. The van der Waals surface area contributed by atoms with Gasteiger partial charge in [-0.25, -0.2) is 0 Å². The van der Waals surface area contributed by atoms with Gasteiger partial charge in [-0.05, 0) is 43.0 Å². The molecular weight excluding hydrogens is 316 g/mol. The molecule has 3 nitrogen and oxygen atoms in total. The van der Waals surface area contributed by atoms with Gasteiger partial charge in [0.25, 0.3) is 0 Å². The van der Waals surface area contributed by atoms with Crippen molar-refractivity contribution in [1.29, 1.82) is 0 Å². The fourth-order valence-electron chi connectivity index (χ4n) is 2.60. The fraction of sp³-hybridized carbons (Fsp3) is 0.625. The number of aliphatic hydroxyl groups is 1. The first kappa shape index (κ1) is 15.8. The molecule has 112 valence electrons. The highest BCUT2D eigenvalue weighted by Crippen LogP contribution is 2.32. The summed E-state index contributed by atoms with van der Waals surface area (Å²) < 4.78 is 1.11. The van der Waals surface area contributed by atoms with Crippen molar-refractivity contribution in [3.05, 3.63) is 28.2 Å². The Labute approximate surface area is 130 Å². The highest BCUT2D eigenvalue weighted by atomic mass is 79.9. The molecule has 1 saturated carbocycles. The molecule has 1 aromatic rings. The molecule has 0 radical (unpaired) electrons. The molecule has 0 bridgehead atoms. The highest BCUT2D eigenvalue weighted by Gasteiger charge is 2.26. The molecule has 0 spiro atoms. The van der Waals surface area contributed by atoms with Crippen molar-refractivity contribution in [2.45, 2.75) is 51.7 Å². The van der Waals surface area contributed by atoms with Crippen LogP contribution in [0.15, 0.2) is 22.7 Å². The molecule has 20 heavy (non-hydrogen) atoms. The molecular formula is C16H25BrN2O. The van der Waals surface area contributed by atoms with E-state index < -0.39 is 0 Å². The SMILES string of the molecule is CC(C)NCc1cc(Br)ccc1N(CCO)C1CCC1. The van der Waals surface area contributed by atoms with Gasteiger partial charge in [-0.2, -0.15) is 0 Å². The number of nitrogens with zero attached hydrogens (tertiary/aromatic N) is 1. The van der Waals surface area contributed by atoms with Crippen LogP contribution in [0.5, 0.6) is 0 Å². The minimum absolute atomic E-state index is 0.212. The number of anilines is 1. The summed E-state index contributed by atoms with van der Waals surface area (Å²) in [7, 11) is 0. The van der Waals surface area contributed by atoms with Crippen molar-refractivity contribution in [3.63, 3.8) is 0 Å². The summed E-state index contributed by atoms with van der Waals surface area (Å²) in [4.78, 5) is 2.38. The molecule has 0 amide bonds. The normalized spacial score (nSPS) is 15.4. The quantitative estimate of drug-likeness (QED) is 0.799. The van der Waals surface area contributed by atoms with E-state index in [2.05, 4.69) is 58.2 Å². The third-order valence-corrected chi connectivity index (χ3v) is 4.40. The van der Waals surface area contributed by atoms with Crippen molar-refractivity contribution < 1.29 is 5.11 Å². The van der Waals surface area contributed by atoms with Crippen molar-refractivity contribution in [2.75, 3.05) is 18.1 Å². The zero-order valence-electron chi connectivity index (χ0n) is 12.4. The van der Waals surface area contributed by atoms with E-state index in [4.69, 9.17) is 0 Å². The Morgan fingerprint density at radius 2 is 2.15 bits per heavy atom. The van der Waals surface area contributed by atoms with Crippen LogP contribution in [0.3, 0.4) is 0 Å². The van der Waals surface area contributed by atoms with E-state index in [1.54, 1.807) is 0 Å². The lowest BCUT2D eigenvalue weighted by molar-refractivity contribution is 0.283. The van der Waals surface area contributed by atoms with Crippen LogP contribution < -0.4 is 10.2 Å². The fourth-order valence-corrected chi connectivity index (χ4v) is 3.00. The molecule has 2 rings (SSSR count). The first-order valence-corrected chi connectivity index (χ1v) is 8.30. The Morgan fingerprint density at radius 3 is 2.70 bits per heavy atom. The van der Waals surface area contributed by atoms with Gasteiger partial charge < -0.3 is 15.3 Å². The Hall–Kier alpha value is -0.580. The summed E-state index contributed by atoms with van der Waals surface area (Å²) in [5.74, 6) is 0. The standard InChI is InChI=1S/C16H25BrN2O/c1-12(2)18-11-13-10-14(17)6-7-16(13)19(8-9-20)15-4-3-5-15/h6-7,10,12,15,18,20H,3-5,8-9,11H2,1-2H3. The van der Waals surface area contributed by atoms with Gasteiger partial charge in [-0.15, -0.1) is 0 Å². The second-order valence-electron chi connectivity index (χ2n) is 5.81. The second kappa shape index (κ2) is 7.43. The first-order chi connectivity index (χ1) is 9.61. The minimum Gasteiger partial charge on any atom is -0.395 e. The minimum atomic E-state index is 0.212. The summed E-state index contributed by atoms with van der Waals surface area (Å²) in [6, 6.07) is 7.53. The van der Waals surface area contributed by atoms with Gasteiger partial charge in [0.1, 0.15) is 0 Å². The van der Waals surface area contributed by atoms with E-state index in [0.717, 1.165) is 17.6 Å². The van der Waals surface area contributed by atoms with Crippen molar-refractivity contribution >= 4 is 21.6 Å². The van der Waals surface area contributed by atoms with Crippen LogP contribution in [0.2, 0.25) is 0 Å². The zero-order chi connectivity index (χ0) is 14.5. The maximum Gasteiger partial charge on any atom is 0.0606 e. The molecule has 0 heterocycles. The molecule has 0 aromatic heterocycles. The van der Waals surface area contributed by atoms with Crippen molar-refractivity contribution in [3.8, 4) is 0 Å². The molecule has 1 aromatic carbocycles. The van der Waals surface area contributed by atoms with Crippen LogP contribution in [0.1, 0.15) is 38.7 Å². The predicted octanol–water partition coefficient (Wildman–Crippen LogP) is 3.30. The van der Waals surface area contributed by atoms with Crippen LogP contribution in [0.25, 0.3) is 0 Å². The van der Waals surface area contributed by atoms with Crippen LogP contribution in [-0.4, -0.2) is 30.3 Å². The molecule has 1 aliphatic carbocycles. The first-order valence-electron chi connectivity index (χ1n) is 7.51. The van der Waals surface area contributed by atoms with Crippen molar-refractivity contribution in [1.82, 2.24) is 5.32 Å². The number of halogens is 1. The summed E-state index contributed by atoms with van der Waals surface area (Å²) in [6.45, 7) is 6.12. The predicted molar refractivity (Wildman–Crippen MR) is 88.2 cm³/mol. The van der Waals surface area contributed by atoms with E-state index in [1.807, 2.05) is 0 Å². The van der Waals surface area contributed by atoms with Gasteiger partial charge in [0.2, 0.25) is 0 Å². The van der Waals surface area contributed by atoms with E-state index >= 15 is 0 Å². The lowest BCUT2D eigenvalue weighted by Crippen LogP contribution is -2.42. The Kier molecular flexibility index (Phi) is 5.87. The molecule has 1 fully saturated rings. The maximum atomic E-state index is 9.36. The lowest BCUT2D eigenvalue weighted by Gasteiger charge is -2.40. The van der Waals surface area contributed by atoms with Crippen LogP contribution >= 0.6 is 15.9 Å². The zero-order valence-corrected chi connectivity index (χ0v) is 14.0.